The molecule has 0 atom stereocenters. The van der Waals surface area contributed by atoms with Crippen molar-refractivity contribution in [1.82, 2.24) is 4.98 Å². The molecule has 20 heavy (non-hydrogen) atoms. The lowest BCUT2D eigenvalue weighted by atomic mass is 10.3. The number of furan rings is 1. The second-order valence-electron chi connectivity index (χ2n) is 4.27. The molecule has 0 spiro atoms. The van der Waals surface area contributed by atoms with Crippen LogP contribution in [0, 0.1) is 13.8 Å². The van der Waals surface area contributed by atoms with Crippen molar-refractivity contribution < 1.29 is 17.9 Å². The third-order valence-electron chi connectivity index (χ3n) is 2.82. The Labute approximate surface area is 121 Å². The zero-order chi connectivity index (χ0) is 14.9. The molecule has 0 unspecified atom stereocenters. The predicted molar refractivity (Wildman–Crippen MR) is 76.4 cm³/mol. The molecule has 0 saturated carbocycles. The summed E-state index contributed by atoms with van der Waals surface area (Å²) in [7, 11) is -3.75. The molecular weight excluding hydrogens is 300 g/mol. The summed E-state index contributed by atoms with van der Waals surface area (Å²) in [5.41, 5.74) is 0.882. The molecular formula is C12H16N2O4S2. The van der Waals surface area contributed by atoms with Gasteiger partial charge >= 0.3 is 0 Å². The topological polar surface area (TPSA) is 92.4 Å². The lowest BCUT2D eigenvalue weighted by Crippen LogP contribution is -2.13. The number of aliphatic hydroxyl groups is 1. The molecule has 2 aromatic heterocycles. The third kappa shape index (κ3) is 2.87. The molecule has 2 N–H and O–H groups in total. The number of aliphatic hydroxyl groups excluding tert-OH is 1. The molecule has 0 aliphatic heterocycles. The second-order valence-corrected chi connectivity index (χ2v) is 7.13. The van der Waals surface area contributed by atoms with Gasteiger partial charge < -0.3 is 9.52 Å². The van der Waals surface area contributed by atoms with Gasteiger partial charge in [0.25, 0.3) is 10.0 Å². The van der Waals surface area contributed by atoms with E-state index in [2.05, 4.69) is 9.71 Å². The Morgan fingerprint density at radius 1 is 1.45 bits per heavy atom. The number of aromatic nitrogens is 1. The molecule has 8 heteroatoms. The first-order chi connectivity index (χ1) is 9.37. The van der Waals surface area contributed by atoms with E-state index in [0.717, 1.165) is 17.0 Å². The van der Waals surface area contributed by atoms with Gasteiger partial charge in [0.15, 0.2) is 5.13 Å². The van der Waals surface area contributed by atoms with Crippen molar-refractivity contribution in [2.24, 2.45) is 0 Å². The van der Waals surface area contributed by atoms with Crippen LogP contribution in [0.3, 0.4) is 0 Å². The van der Waals surface area contributed by atoms with Crippen molar-refractivity contribution in [3.8, 4) is 0 Å². The van der Waals surface area contributed by atoms with E-state index in [-0.39, 0.29) is 23.0 Å². The van der Waals surface area contributed by atoms with E-state index in [1.807, 2.05) is 13.8 Å². The summed E-state index contributed by atoms with van der Waals surface area (Å²) in [4.78, 5) is 5.26. The Kier molecular flexibility index (Phi) is 4.17. The molecule has 0 aliphatic rings. The molecule has 2 rings (SSSR count). The summed E-state index contributed by atoms with van der Waals surface area (Å²) in [6, 6.07) is 1.32. The van der Waals surface area contributed by atoms with Gasteiger partial charge in [-0.3, -0.25) is 4.72 Å². The van der Waals surface area contributed by atoms with Gasteiger partial charge in [0.05, 0.1) is 5.69 Å². The van der Waals surface area contributed by atoms with Crippen LogP contribution in [0.5, 0.6) is 0 Å². The van der Waals surface area contributed by atoms with Crippen LogP contribution in [0.1, 0.15) is 29.0 Å². The Morgan fingerprint density at radius 3 is 2.65 bits per heavy atom. The number of rotatable bonds is 5. The Morgan fingerprint density at radius 2 is 2.15 bits per heavy atom. The number of sulfonamides is 1. The highest BCUT2D eigenvalue weighted by atomic mass is 32.2. The van der Waals surface area contributed by atoms with Crippen LogP contribution in [-0.4, -0.2) is 18.5 Å². The molecule has 0 aliphatic carbocycles. The van der Waals surface area contributed by atoms with Crippen LogP contribution in [0.4, 0.5) is 5.13 Å². The second kappa shape index (κ2) is 5.55. The highest BCUT2D eigenvalue weighted by molar-refractivity contribution is 7.93. The molecule has 0 amide bonds. The number of aryl methyl sites for hydroxylation is 3. The van der Waals surface area contributed by atoms with E-state index >= 15 is 0 Å². The van der Waals surface area contributed by atoms with Crippen LogP contribution in [0.2, 0.25) is 0 Å². The maximum Gasteiger partial charge on any atom is 0.267 e. The summed E-state index contributed by atoms with van der Waals surface area (Å²) in [5, 5.41) is 9.32. The van der Waals surface area contributed by atoms with Crippen LogP contribution in [-0.2, 0) is 23.1 Å². The fraction of sp³-hybridized carbons (Fsp3) is 0.417. The molecule has 0 fully saturated rings. The number of hydrogen-bond donors (Lipinski definition) is 2. The first-order valence-electron chi connectivity index (χ1n) is 6.06. The quantitative estimate of drug-likeness (QED) is 0.882. The van der Waals surface area contributed by atoms with E-state index in [9.17, 15) is 8.42 Å². The van der Waals surface area contributed by atoms with Crippen molar-refractivity contribution in [2.75, 3.05) is 4.72 Å². The average Bonchev–Trinajstić information content (AvgIpc) is 2.92. The highest BCUT2D eigenvalue weighted by Crippen LogP contribution is 2.27. The van der Waals surface area contributed by atoms with E-state index < -0.39 is 10.0 Å². The summed E-state index contributed by atoms with van der Waals surface area (Å²) < 4.78 is 32.1. The maximum absolute atomic E-state index is 12.3. The summed E-state index contributed by atoms with van der Waals surface area (Å²) in [6.07, 6.45) is 0.753. The number of nitrogens with zero attached hydrogens (tertiary/aromatic N) is 1. The molecule has 6 nitrogen and oxygen atoms in total. The molecule has 2 heterocycles. The fourth-order valence-electron chi connectivity index (χ4n) is 1.84. The first kappa shape index (κ1) is 15.0. The highest BCUT2D eigenvalue weighted by Gasteiger charge is 2.23. The SMILES string of the molecule is CCc1nc(NS(=O)(=O)c2cc(CO)oc2C)sc1C. The molecule has 2 aromatic rings. The third-order valence-corrected chi connectivity index (χ3v) is 5.32. The molecule has 110 valence electrons. The van der Waals surface area contributed by atoms with Gasteiger partial charge in [-0.25, -0.2) is 13.4 Å². The van der Waals surface area contributed by atoms with Crippen molar-refractivity contribution in [2.45, 2.75) is 38.7 Å². The Balaban J connectivity index is 2.32. The van der Waals surface area contributed by atoms with Crippen molar-refractivity contribution in [3.05, 3.63) is 28.2 Å². The minimum Gasteiger partial charge on any atom is -0.462 e. The van der Waals surface area contributed by atoms with E-state index in [1.165, 1.54) is 24.3 Å². The maximum atomic E-state index is 12.3. The lowest BCUT2D eigenvalue weighted by molar-refractivity contribution is 0.245. The van der Waals surface area contributed by atoms with E-state index in [4.69, 9.17) is 9.52 Å². The van der Waals surface area contributed by atoms with Gasteiger partial charge in [0.2, 0.25) is 0 Å². The zero-order valence-corrected chi connectivity index (χ0v) is 13.1. The van der Waals surface area contributed by atoms with E-state index in [0.29, 0.717) is 5.13 Å². The van der Waals surface area contributed by atoms with Gasteiger partial charge in [0.1, 0.15) is 23.0 Å². The van der Waals surface area contributed by atoms with Crippen LogP contribution in [0.15, 0.2) is 15.4 Å². The van der Waals surface area contributed by atoms with E-state index in [1.54, 1.807) is 0 Å². The zero-order valence-electron chi connectivity index (χ0n) is 11.4. The monoisotopic (exact) mass is 316 g/mol. The van der Waals surface area contributed by atoms with Crippen LogP contribution < -0.4 is 4.72 Å². The lowest BCUT2D eigenvalue weighted by Gasteiger charge is -2.02. The standard InChI is InChI=1S/C12H16N2O4S2/c1-4-10-8(3)19-12(13-10)14-20(16,17)11-5-9(6-15)18-7(11)2/h5,15H,4,6H2,1-3H3,(H,13,14). The molecule has 0 bridgehead atoms. The molecule has 0 saturated heterocycles. The van der Waals surface area contributed by atoms with Gasteiger partial charge in [-0.1, -0.05) is 6.92 Å². The van der Waals surface area contributed by atoms with Crippen molar-refractivity contribution in [3.63, 3.8) is 0 Å². The smallest absolute Gasteiger partial charge is 0.267 e. The predicted octanol–water partition coefficient (Wildman–Crippen LogP) is 2.21. The van der Waals surface area contributed by atoms with Crippen LogP contribution in [0.25, 0.3) is 0 Å². The Hall–Kier alpha value is -1.38. The van der Waals surface area contributed by atoms with Crippen molar-refractivity contribution in [1.29, 1.82) is 0 Å². The average molecular weight is 316 g/mol. The molecule has 0 aromatic carbocycles. The fourth-order valence-corrected chi connectivity index (χ4v) is 4.18. The van der Waals surface area contributed by atoms with Gasteiger partial charge in [-0.05, 0) is 20.3 Å². The van der Waals surface area contributed by atoms with Gasteiger partial charge in [-0.15, -0.1) is 11.3 Å². The summed E-state index contributed by atoms with van der Waals surface area (Å²) >= 11 is 1.30. The van der Waals surface area contributed by atoms with Gasteiger partial charge in [0, 0.05) is 10.9 Å². The number of hydrogen-bond acceptors (Lipinski definition) is 6. The van der Waals surface area contributed by atoms with Crippen LogP contribution >= 0.6 is 11.3 Å². The normalized spacial score (nSPS) is 11.8. The first-order valence-corrected chi connectivity index (χ1v) is 8.36. The Bertz CT molecular complexity index is 716. The number of thiazole rings is 1. The summed E-state index contributed by atoms with van der Waals surface area (Å²) in [5.74, 6) is 0.456. The largest absolute Gasteiger partial charge is 0.462 e. The minimum atomic E-state index is -3.75. The minimum absolute atomic E-state index is 0.0208. The van der Waals surface area contributed by atoms with Gasteiger partial charge in [-0.2, -0.15) is 0 Å². The molecule has 0 radical (unpaired) electrons. The van der Waals surface area contributed by atoms with Crippen molar-refractivity contribution >= 4 is 26.5 Å². The number of anilines is 1. The summed E-state index contributed by atoms with van der Waals surface area (Å²) in [6.45, 7) is 5.07. The number of nitrogens with one attached hydrogen (secondary N) is 1.